The quantitative estimate of drug-likeness (QED) is 0.474. The summed E-state index contributed by atoms with van der Waals surface area (Å²) < 4.78 is 30.9. The smallest absolute Gasteiger partial charge is 0.342 e. The molecule has 0 aromatic heterocycles. The van der Waals surface area contributed by atoms with Gasteiger partial charge in [-0.2, -0.15) is 0 Å². The van der Waals surface area contributed by atoms with Gasteiger partial charge in [-0.25, -0.2) is 13.6 Å². The Morgan fingerprint density at radius 1 is 1.60 bits per heavy atom. The molecule has 0 atom stereocenters. The Morgan fingerprint density at radius 3 is 2.73 bits per heavy atom. The Hall–Kier alpha value is -0.680. The van der Waals surface area contributed by atoms with Crippen LogP contribution in [0, 0.1) is 11.6 Å². The van der Waals surface area contributed by atoms with Gasteiger partial charge in [-0.1, -0.05) is 11.6 Å². The summed E-state index contributed by atoms with van der Waals surface area (Å²) in [4.78, 5) is 11.3. The molecule has 0 N–H and O–H groups in total. The van der Waals surface area contributed by atoms with Crippen LogP contribution in [-0.4, -0.2) is 12.6 Å². The summed E-state index contributed by atoms with van der Waals surface area (Å²) in [5.41, 5.74) is -0.400. The summed E-state index contributed by atoms with van der Waals surface area (Å²) in [5.74, 6) is -2.94. The van der Waals surface area contributed by atoms with E-state index in [4.69, 9.17) is 11.6 Å². The topological polar surface area (TPSA) is 26.3 Å². The fraction of sp³-hybridized carbons (Fsp3) is 0.222. The number of carbonyl (C=O) groups excluding carboxylic acids is 1. The maximum absolute atomic E-state index is 13.4. The summed E-state index contributed by atoms with van der Waals surface area (Å²) in [5, 5.41) is -0.721. The van der Waals surface area contributed by atoms with Gasteiger partial charge in [0.15, 0.2) is 5.82 Å². The van der Waals surface area contributed by atoms with Crippen molar-refractivity contribution in [3.63, 3.8) is 0 Å². The Bertz CT molecular complexity index is 410. The number of hydrogen-bond donors (Lipinski definition) is 0. The molecule has 0 aliphatic heterocycles. The summed E-state index contributed by atoms with van der Waals surface area (Å²) in [7, 11) is 0. The first-order valence-electron chi connectivity index (χ1n) is 3.99. The van der Waals surface area contributed by atoms with E-state index < -0.39 is 28.2 Å². The number of rotatable bonds is 2. The third-order valence-electron chi connectivity index (χ3n) is 1.59. The highest BCUT2D eigenvalue weighted by molar-refractivity contribution is 9.10. The zero-order valence-corrected chi connectivity index (χ0v) is 9.95. The predicted octanol–water partition coefficient (Wildman–Crippen LogP) is 3.56. The molecule has 0 spiro atoms. The second-order valence-electron chi connectivity index (χ2n) is 2.56. The van der Waals surface area contributed by atoms with Gasteiger partial charge in [0, 0.05) is 4.47 Å². The Balaban J connectivity index is 3.29. The van der Waals surface area contributed by atoms with E-state index in [1.54, 1.807) is 6.92 Å². The third-order valence-corrected chi connectivity index (χ3v) is 2.57. The van der Waals surface area contributed by atoms with Crippen LogP contribution >= 0.6 is 27.5 Å². The van der Waals surface area contributed by atoms with Crippen LogP contribution in [0.3, 0.4) is 0 Å². The first-order chi connectivity index (χ1) is 6.99. The van der Waals surface area contributed by atoms with Crippen LogP contribution in [0.4, 0.5) is 8.78 Å². The molecule has 15 heavy (non-hydrogen) atoms. The lowest BCUT2D eigenvalue weighted by Crippen LogP contribution is -2.09. The molecule has 0 aliphatic rings. The van der Waals surface area contributed by atoms with Gasteiger partial charge in [0.1, 0.15) is 16.4 Å². The summed E-state index contributed by atoms with van der Waals surface area (Å²) in [6.07, 6.45) is 0. The molecule has 0 heterocycles. The SMILES string of the molecule is CCOC(=O)c1c(Br)cc(F)c(Cl)c1F. The van der Waals surface area contributed by atoms with Crippen LogP contribution in [0.1, 0.15) is 17.3 Å². The van der Waals surface area contributed by atoms with Gasteiger partial charge in [-0.3, -0.25) is 0 Å². The molecule has 0 aliphatic carbocycles. The number of carbonyl (C=O) groups is 1. The fourth-order valence-corrected chi connectivity index (χ4v) is 1.64. The van der Waals surface area contributed by atoms with E-state index in [9.17, 15) is 13.6 Å². The van der Waals surface area contributed by atoms with Crippen molar-refractivity contribution in [2.45, 2.75) is 6.92 Å². The van der Waals surface area contributed by atoms with Crippen molar-refractivity contribution in [1.82, 2.24) is 0 Å². The molecule has 2 nitrogen and oxygen atoms in total. The number of hydrogen-bond acceptors (Lipinski definition) is 2. The average molecular weight is 299 g/mol. The molecule has 6 heteroatoms. The number of benzene rings is 1. The molecule has 82 valence electrons. The van der Waals surface area contributed by atoms with E-state index in [1.165, 1.54) is 0 Å². The van der Waals surface area contributed by atoms with Crippen LogP contribution in [0.25, 0.3) is 0 Å². The van der Waals surface area contributed by atoms with E-state index in [-0.39, 0.29) is 11.1 Å². The molecule has 0 fully saturated rings. The third kappa shape index (κ3) is 2.46. The molecule has 0 unspecified atom stereocenters. The molecule has 0 radical (unpaired) electrons. The molecule has 0 amide bonds. The lowest BCUT2D eigenvalue weighted by Gasteiger charge is -2.07. The molecule has 1 aromatic rings. The fourth-order valence-electron chi connectivity index (χ4n) is 0.957. The van der Waals surface area contributed by atoms with Crippen LogP contribution in [0.5, 0.6) is 0 Å². The maximum atomic E-state index is 13.4. The number of ether oxygens (including phenoxy) is 1. The normalized spacial score (nSPS) is 10.2. The van der Waals surface area contributed by atoms with Crippen molar-refractivity contribution in [1.29, 1.82) is 0 Å². The van der Waals surface area contributed by atoms with Crippen LogP contribution in [0.2, 0.25) is 5.02 Å². The average Bonchev–Trinajstić information content (AvgIpc) is 2.15. The molecule has 1 rings (SSSR count). The second kappa shape index (κ2) is 4.90. The van der Waals surface area contributed by atoms with Crippen LogP contribution < -0.4 is 0 Å². The minimum Gasteiger partial charge on any atom is -0.462 e. The minimum atomic E-state index is -1.12. The summed E-state index contributed by atoms with van der Waals surface area (Å²) in [6, 6.07) is 0.914. The van der Waals surface area contributed by atoms with Crippen LogP contribution in [-0.2, 0) is 4.74 Å². The highest BCUT2D eigenvalue weighted by Gasteiger charge is 2.22. The number of halogens is 4. The van der Waals surface area contributed by atoms with E-state index in [0.29, 0.717) is 0 Å². The molecule has 0 saturated heterocycles. The van der Waals surface area contributed by atoms with Crippen molar-refractivity contribution in [3.05, 3.63) is 32.8 Å². The van der Waals surface area contributed by atoms with Gasteiger partial charge in [0.2, 0.25) is 0 Å². The zero-order valence-electron chi connectivity index (χ0n) is 7.61. The Morgan fingerprint density at radius 2 is 2.20 bits per heavy atom. The molecule has 1 aromatic carbocycles. The highest BCUT2D eigenvalue weighted by atomic mass is 79.9. The highest BCUT2D eigenvalue weighted by Crippen LogP contribution is 2.29. The van der Waals surface area contributed by atoms with Crippen molar-refractivity contribution in [2.24, 2.45) is 0 Å². The molecule has 0 bridgehead atoms. The first kappa shape index (κ1) is 12.4. The van der Waals surface area contributed by atoms with Gasteiger partial charge in [0.25, 0.3) is 0 Å². The van der Waals surface area contributed by atoms with Crippen molar-refractivity contribution in [3.8, 4) is 0 Å². The van der Waals surface area contributed by atoms with Gasteiger partial charge in [-0.05, 0) is 28.9 Å². The number of esters is 1. The van der Waals surface area contributed by atoms with E-state index in [0.717, 1.165) is 6.07 Å². The van der Waals surface area contributed by atoms with E-state index >= 15 is 0 Å². The molecular weight excluding hydrogens is 293 g/mol. The predicted molar refractivity (Wildman–Crippen MR) is 55.0 cm³/mol. The standard InChI is InChI=1S/C9H6BrClF2O2/c1-2-15-9(14)6-4(10)3-5(12)7(11)8(6)13/h3H,2H2,1H3. The van der Waals surface area contributed by atoms with Crippen molar-refractivity contribution in [2.75, 3.05) is 6.61 Å². The first-order valence-corrected chi connectivity index (χ1v) is 5.16. The lowest BCUT2D eigenvalue weighted by atomic mass is 10.2. The Labute approximate surface area is 98.3 Å². The van der Waals surface area contributed by atoms with Crippen molar-refractivity contribution < 1.29 is 18.3 Å². The van der Waals surface area contributed by atoms with Crippen LogP contribution in [0.15, 0.2) is 10.5 Å². The minimum absolute atomic E-state index is 0.0275. The lowest BCUT2D eigenvalue weighted by molar-refractivity contribution is 0.0520. The molecular formula is C9H6BrClF2O2. The Kier molecular flexibility index (Phi) is 4.04. The van der Waals surface area contributed by atoms with E-state index in [2.05, 4.69) is 20.7 Å². The largest absolute Gasteiger partial charge is 0.462 e. The van der Waals surface area contributed by atoms with Crippen molar-refractivity contribution >= 4 is 33.5 Å². The maximum Gasteiger partial charge on any atom is 0.342 e. The molecule has 0 saturated carbocycles. The summed E-state index contributed by atoms with van der Waals surface area (Å²) in [6.45, 7) is 1.68. The monoisotopic (exact) mass is 298 g/mol. The van der Waals surface area contributed by atoms with Gasteiger partial charge >= 0.3 is 5.97 Å². The van der Waals surface area contributed by atoms with Gasteiger partial charge in [-0.15, -0.1) is 0 Å². The van der Waals surface area contributed by atoms with Gasteiger partial charge < -0.3 is 4.74 Å². The van der Waals surface area contributed by atoms with Gasteiger partial charge in [0.05, 0.1) is 6.61 Å². The summed E-state index contributed by atoms with van der Waals surface area (Å²) >= 11 is 8.18. The second-order valence-corrected chi connectivity index (χ2v) is 3.80. The zero-order chi connectivity index (χ0) is 11.6. The van der Waals surface area contributed by atoms with E-state index in [1.807, 2.05) is 0 Å².